The Morgan fingerprint density at radius 2 is 1.79 bits per heavy atom. The van der Waals surface area contributed by atoms with Crippen molar-refractivity contribution in [3.63, 3.8) is 0 Å². The normalized spacial score (nSPS) is 16.9. The molecule has 1 aromatic rings. The molecule has 0 radical (unpaired) electrons. The highest BCUT2D eigenvalue weighted by Crippen LogP contribution is 2.44. The largest absolute Gasteiger partial charge is 0.478 e. The van der Waals surface area contributed by atoms with Crippen LogP contribution in [0.3, 0.4) is 0 Å². The topological polar surface area (TPSA) is 66.7 Å². The Bertz CT molecular complexity index is 550. The first-order chi connectivity index (χ1) is 9.00. The summed E-state index contributed by atoms with van der Waals surface area (Å²) in [4.78, 5) is 24.8. The Labute approximate surface area is 107 Å². The van der Waals surface area contributed by atoms with Gasteiger partial charge < -0.3 is 5.11 Å². The van der Waals surface area contributed by atoms with E-state index in [4.69, 9.17) is 5.11 Å². The van der Waals surface area contributed by atoms with Gasteiger partial charge in [-0.3, -0.25) is 0 Å². The van der Waals surface area contributed by atoms with E-state index in [0.717, 1.165) is 12.1 Å². The van der Waals surface area contributed by atoms with Crippen LogP contribution in [0.5, 0.6) is 0 Å². The Morgan fingerprint density at radius 3 is 2.21 bits per heavy atom. The first-order valence-corrected chi connectivity index (χ1v) is 5.82. The maximum atomic E-state index is 14.0. The van der Waals surface area contributed by atoms with Crippen LogP contribution >= 0.6 is 0 Å². The number of hydrogen-bond acceptors (Lipinski definition) is 3. The quantitative estimate of drug-likeness (QED) is 0.676. The van der Waals surface area contributed by atoms with Crippen LogP contribution in [-0.4, -0.2) is 17.2 Å². The Balaban J connectivity index is 2.61. The highest BCUT2D eigenvalue weighted by Gasteiger charge is 2.40. The number of rotatable bonds is 3. The van der Waals surface area contributed by atoms with Crippen molar-refractivity contribution in [2.24, 2.45) is 4.99 Å². The van der Waals surface area contributed by atoms with E-state index in [-0.39, 0.29) is 5.56 Å². The molecule has 1 saturated carbocycles. The molecule has 1 aromatic carbocycles. The fraction of sp³-hybridized carbons (Fsp3) is 0.385. The van der Waals surface area contributed by atoms with Gasteiger partial charge in [-0.15, -0.1) is 0 Å². The number of carboxylic acid groups (broad SMARTS) is 1. The van der Waals surface area contributed by atoms with Crippen LogP contribution in [0, 0.1) is 11.6 Å². The van der Waals surface area contributed by atoms with E-state index in [1.807, 2.05) is 0 Å². The van der Waals surface area contributed by atoms with E-state index in [9.17, 15) is 18.4 Å². The van der Waals surface area contributed by atoms with E-state index in [2.05, 4.69) is 4.99 Å². The van der Waals surface area contributed by atoms with Gasteiger partial charge in [-0.05, 0) is 25.0 Å². The minimum absolute atomic E-state index is 0.335. The van der Waals surface area contributed by atoms with Crippen molar-refractivity contribution in [3.05, 3.63) is 34.9 Å². The van der Waals surface area contributed by atoms with E-state index in [0.29, 0.717) is 25.7 Å². The smallest absolute Gasteiger partial charge is 0.335 e. The lowest BCUT2D eigenvalue weighted by Crippen LogP contribution is -2.23. The molecule has 0 atom stereocenters. The summed E-state index contributed by atoms with van der Waals surface area (Å²) in [6.45, 7) is 0. The van der Waals surface area contributed by atoms with Crippen LogP contribution in [0.15, 0.2) is 17.1 Å². The van der Waals surface area contributed by atoms with Gasteiger partial charge in [-0.25, -0.2) is 18.4 Å². The van der Waals surface area contributed by atoms with Crippen molar-refractivity contribution in [1.82, 2.24) is 0 Å². The molecule has 0 bridgehead atoms. The van der Waals surface area contributed by atoms with E-state index in [1.165, 1.54) is 6.08 Å². The minimum Gasteiger partial charge on any atom is -0.478 e. The maximum absolute atomic E-state index is 14.0. The zero-order valence-electron chi connectivity index (χ0n) is 9.95. The van der Waals surface area contributed by atoms with Crippen LogP contribution in [0.1, 0.15) is 41.6 Å². The summed E-state index contributed by atoms with van der Waals surface area (Å²) >= 11 is 0. The van der Waals surface area contributed by atoms with Crippen molar-refractivity contribution in [2.75, 3.05) is 0 Å². The first kappa shape index (κ1) is 13.4. The Kier molecular flexibility index (Phi) is 3.44. The third kappa shape index (κ3) is 2.27. The average Bonchev–Trinajstić information content (AvgIpc) is 2.77. The second kappa shape index (κ2) is 4.90. The van der Waals surface area contributed by atoms with Gasteiger partial charge >= 0.3 is 5.97 Å². The molecule has 0 aliphatic heterocycles. The molecule has 0 heterocycles. The van der Waals surface area contributed by atoms with Gasteiger partial charge in [-0.1, -0.05) is 12.8 Å². The average molecular weight is 267 g/mol. The summed E-state index contributed by atoms with van der Waals surface area (Å²) < 4.78 is 28.0. The van der Waals surface area contributed by atoms with Gasteiger partial charge in [0.2, 0.25) is 6.08 Å². The molecule has 2 rings (SSSR count). The summed E-state index contributed by atoms with van der Waals surface area (Å²) in [6.07, 6.45) is 3.46. The third-order valence-corrected chi connectivity index (χ3v) is 3.44. The number of aromatic carboxylic acids is 1. The molecule has 1 N–H and O–H groups in total. The highest BCUT2D eigenvalue weighted by atomic mass is 19.1. The number of aliphatic imine (C=N–C) groups is 1. The molecule has 0 aromatic heterocycles. The van der Waals surface area contributed by atoms with Crippen molar-refractivity contribution in [3.8, 4) is 0 Å². The van der Waals surface area contributed by atoms with Crippen LogP contribution in [-0.2, 0) is 10.3 Å². The fourth-order valence-electron chi connectivity index (χ4n) is 2.61. The zero-order chi connectivity index (χ0) is 14.0. The molecule has 0 unspecified atom stereocenters. The van der Waals surface area contributed by atoms with Crippen molar-refractivity contribution < 1.29 is 23.5 Å². The van der Waals surface area contributed by atoms with Crippen molar-refractivity contribution >= 4 is 12.0 Å². The molecule has 0 amide bonds. The number of hydrogen-bond donors (Lipinski definition) is 1. The standard InChI is InChI=1S/C13H11F2NO3/c14-9-5-8(12(18)19)6-10(15)11(9)13(16-7-17)3-1-2-4-13/h5-6H,1-4H2,(H,18,19). The molecule has 0 saturated heterocycles. The molecule has 0 spiro atoms. The minimum atomic E-state index is -1.41. The van der Waals surface area contributed by atoms with Crippen LogP contribution in [0.25, 0.3) is 0 Å². The monoisotopic (exact) mass is 267 g/mol. The molecule has 19 heavy (non-hydrogen) atoms. The second-order valence-electron chi connectivity index (χ2n) is 4.56. The third-order valence-electron chi connectivity index (χ3n) is 3.44. The van der Waals surface area contributed by atoms with Crippen molar-refractivity contribution in [2.45, 2.75) is 31.2 Å². The summed E-state index contributed by atoms with van der Waals surface area (Å²) in [5.74, 6) is -3.39. The molecule has 1 aliphatic rings. The van der Waals surface area contributed by atoms with Gasteiger partial charge in [0.15, 0.2) is 0 Å². The predicted molar refractivity (Wildman–Crippen MR) is 61.6 cm³/mol. The number of carboxylic acids is 1. The zero-order valence-corrected chi connectivity index (χ0v) is 9.95. The molecule has 100 valence electrons. The van der Waals surface area contributed by atoms with E-state index < -0.39 is 28.7 Å². The highest BCUT2D eigenvalue weighted by molar-refractivity contribution is 5.87. The van der Waals surface area contributed by atoms with Gasteiger partial charge in [-0.2, -0.15) is 4.99 Å². The Hall–Kier alpha value is -2.07. The van der Waals surface area contributed by atoms with Gasteiger partial charge in [0.05, 0.1) is 11.1 Å². The first-order valence-electron chi connectivity index (χ1n) is 5.82. The van der Waals surface area contributed by atoms with E-state index in [1.54, 1.807) is 0 Å². The molecule has 4 nitrogen and oxygen atoms in total. The summed E-state index contributed by atoms with van der Waals surface area (Å²) in [6, 6.07) is 1.50. The lowest BCUT2D eigenvalue weighted by molar-refractivity contribution is 0.0695. The van der Waals surface area contributed by atoms with Crippen molar-refractivity contribution in [1.29, 1.82) is 0 Å². The lowest BCUT2D eigenvalue weighted by Gasteiger charge is -2.24. The summed E-state index contributed by atoms with van der Waals surface area (Å²) in [7, 11) is 0. The molecule has 1 aliphatic carbocycles. The number of nitrogens with zero attached hydrogens (tertiary/aromatic N) is 1. The van der Waals surface area contributed by atoms with Gasteiger partial charge in [0, 0.05) is 0 Å². The van der Waals surface area contributed by atoms with Gasteiger partial charge in [0.25, 0.3) is 0 Å². The summed E-state index contributed by atoms with van der Waals surface area (Å²) in [5, 5.41) is 8.74. The maximum Gasteiger partial charge on any atom is 0.335 e. The molecular formula is C13H11F2NO3. The van der Waals surface area contributed by atoms with Crippen LogP contribution in [0.2, 0.25) is 0 Å². The number of halogens is 2. The Morgan fingerprint density at radius 1 is 1.26 bits per heavy atom. The second-order valence-corrected chi connectivity index (χ2v) is 4.56. The SMILES string of the molecule is O=C=NC1(c2c(F)cc(C(=O)O)cc2F)CCCC1. The predicted octanol–water partition coefficient (Wildman–Crippen LogP) is 2.77. The fourth-order valence-corrected chi connectivity index (χ4v) is 2.61. The van der Waals surface area contributed by atoms with E-state index >= 15 is 0 Å². The van der Waals surface area contributed by atoms with Gasteiger partial charge in [0.1, 0.15) is 17.2 Å². The van der Waals surface area contributed by atoms with Crippen LogP contribution < -0.4 is 0 Å². The number of isocyanates is 1. The lowest BCUT2D eigenvalue weighted by atomic mass is 9.87. The van der Waals surface area contributed by atoms with Crippen LogP contribution in [0.4, 0.5) is 8.78 Å². The number of carbonyl (C=O) groups is 1. The molecule has 6 heteroatoms. The molecule has 1 fully saturated rings. The summed E-state index contributed by atoms with van der Waals surface area (Å²) in [5.41, 5.74) is -2.05. The molecular weight excluding hydrogens is 256 g/mol. The number of carbonyl (C=O) groups excluding carboxylic acids is 1. The number of benzene rings is 1.